The van der Waals surface area contributed by atoms with E-state index in [-0.39, 0.29) is 12.5 Å². The van der Waals surface area contributed by atoms with Gasteiger partial charge >= 0.3 is 0 Å². The third-order valence-electron chi connectivity index (χ3n) is 3.80. The van der Waals surface area contributed by atoms with Crippen LogP contribution in [0.3, 0.4) is 0 Å². The summed E-state index contributed by atoms with van der Waals surface area (Å²) in [6.45, 7) is 0.156. The van der Waals surface area contributed by atoms with Crippen LogP contribution in [0, 0.1) is 0 Å². The van der Waals surface area contributed by atoms with E-state index < -0.39 is 0 Å². The molecule has 4 aromatic rings. The molecule has 9 nitrogen and oxygen atoms in total. The molecule has 2 aromatic heterocycles. The quantitative estimate of drug-likeness (QED) is 0.548. The number of fused-ring (bicyclic) bond motifs is 1. The zero-order valence-corrected chi connectivity index (χ0v) is 12.9. The zero-order valence-electron chi connectivity index (χ0n) is 12.9. The largest absolute Gasteiger partial charge is 0.411 e. The highest BCUT2D eigenvalue weighted by molar-refractivity contribution is 6.06. The smallest absolute Gasteiger partial charge is 0.258 e. The fraction of sp³-hybridized carbons (Fsp3) is 0.0625. The number of aromatic nitrogens is 6. The molecule has 4 rings (SSSR count). The van der Waals surface area contributed by atoms with Gasteiger partial charge in [-0.1, -0.05) is 23.4 Å². The van der Waals surface area contributed by atoms with E-state index in [2.05, 4.69) is 25.7 Å². The van der Waals surface area contributed by atoms with Crippen LogP contribution in [0.4, 0.5) is 5.69 Å². The molecule has 2 heterocycles. The van der Waals surface area contributed by atoms with Crippen LogP contribution in [0.15, 0.2) is 54.7 Å². The second kappa shape index (κ2) is 6.04. The lowest BCUT2D eigenvalue weighted by Gasteiger charge is -2.21. The van der Waals surface area contributed by atoms with Crippen molar-refractivity contribution in [1.29, 1.82) is 0 Å². The molecule has 0 radical (unpaired) electrons. The lowest BCUT2D eigenvalue weighted by atomic mass is 10.1. The van der Waals surface area contributed by atoms with E-state index in [9.17, 15) is 10.0 Å². The number of benzene rings is 2. The van der Waals surface area contributed by atoms with Gasteiger partial charge in [0.15, 0.2) is 5.82 Å². The molecule has 25 heavy (non-hydrogen) atoms. The number of hydrogen-bond acceptors (Lipinski definition) is 6. The SMILES string of the molecule is O=C(c1ccccc1)N(Cc1nn[nH]n1)c1ccc2c(cnn2O)c1. The highest BCUT2D eigenvalue weighted by Crippen LogP contribution is 2.24. The van der Waals surface area contributed by atoms with Gasteiger partial charge in [-0.2, -0.15) is 5.21 Å². The molecule has 0 aliphatic carbocycles. The van der Waals surface area contributed by atoms with E-state index in [0.717, 1.165) is 4.85 Å². The first-order valence-electron chi connectivity index (χ1n) is 7.48. The molecule has 0 spiro atoms. The van der Waals surface area contributed by atoms with Gasteiger partial charge in [0, 0.05) is 16.6 Å². The van der Waals surface area contributed by atoms with Crippen molar-refractivity contribution in [2.75, 3.05) is 4.90 Å². The van der Waals surface area contributed by atoms with Crippen LogP contribution in [0.5, 0.6) is 0 Å². The van der Waals surface area contributed by atoms with Crippen LogP contribution < -0.4 is 4.90 Å². The lowest BCUT2D eigenvalue weighted by Crippen LogP contribution is -2.30. The molecule has 0 saturated carbocycles. The standard InChI is InChI=1S/C16H13N7O2/c24-16(11-4-2-1-3-5-11)22(10-15-18-20-21-19-15)13-6-7-14-12(8-13)9-17-23(14)25/h1-9,25H,10H2,(H,18,19,20,21). The third kappa shape index (κ3) is 2.78. The Morgan fingerprint density at radius 2 is 2.04 bits per heavy atom. The van der Waals surface area contributed by atoms with E-state index in [1.807, 2.05) is 6.07 Å². The Balaban J connectivity index is 1.76. The van der Waals surface area contributed by atoms with E-state index in [4.69, 9.17) is 0 Å². The van der Waals surface area contributed by atoms with Crippen LogP contribution in [-0.4, -0.2) is 41.7 Å². The number of carbonyl (C=O) groups is 1. The molecule has 124 valence electrons. The maximum atomic E-state index is 13.0. The van der Waals surface area contributed by atoms with Crippen molar-refractivity contribution in [1.82, 2.24) is 30.6 Å². The van der Waals surface area contributed by atoms with E-state index >= 15 is 0 Å². The first-order valence-corrected chi connectivity index (χ1v) is 7.48. The van der Waals surface area contributed by atoms with Gasteiger partial charge in [0.2, 0.25) is 0 Å². The topological polar surface area (TPSA) is 113 Å². The van der Waals surface area contributed by atoms with Gasteiger partial charge in [-0.3, -0.25) is 4.79 Å². The predicted molar refractivity (Wildman–Crippen MR) is 88.1 cm³/mol. The summed E-state index contributed by atoms with van der Waals surface area (Å²) in [5, 5.41) is 27.9. The summed E-state index contributed by atoms with van der Waals surface area (Å²) >= 11 is 0. The second-order valence-corrected chi connectivity index (χ2v) is 5.36. The van der Waals surface area contributed by atoms with Crippen LogP contribution in [-0.2, 0) is 6.54 Å². The average molecular weight is 335 g/mol. The molecule has 0 aliphatic heterocycles. The number of tetrazole rings is 1. The molecular formula is C16H13N7O2. The first-order chi connectivity index (χ1) is 12.2. The summed E-state index contributed by atoms with van der Waals surface area (Å²) in [5.41, 5.74) is 1.73. The van der Waals surface area contributed by atoms with Gasteiger partial charge in [-0.15, -0.1) is 20.1 Å². The van der Waals surface area contributed by atoms with Gasteiger partial charge in [-0.25, -0.2) is 0 Å². The molecule has 9 heteroatoms. The lowest BCUT2D eigenvalue weighted by molar-refractivity contribution is 0.0984. The summed E-state index contributed by atoms with van der Waals surface area (Å²) < 4.78 is 0. The van der Waals surface area contributed by atoms with Crippen LogP contribution in [0.2, 0.25) is 0 Å². The van der Waals surface area contributed by atoms with Crippen molar-refractivity contribution >= 4 is 22.5 Å². The van der Waals surface area contributed by atoms with Crippen molar-refractivity contribution in [3.05, 3.63) is 66.1 Å². The van der Waals surface area contributed by atoms with E-state index in [1.165, 1.54) is 6.20 Å². The van der Waals surface area contributed by atoms with Gasteiger partial charge in [0.25, 0.3) is 5.91 Å². The number of H-pyrrole nitrogens is 1. The maximum absolute atomic E-state index is 13.0. The normalized spacial score (nSPS) is 10.9. The Bertz CT molecular complexity index is 1010. The molecule has 2 N–H and O–H groups in total. The molecule has 0 saturated heterocycles. The molecule has 0 aliphatic rings. The minimum Gasteiger partial charge on any atom is -0.411 e. The number of rotatable bonds is 4. The maximum Gasteiger partial charge on any atom is 0.258 e. The van der Waals surface area contributed by atoms with Crippen molar-refractivity contribution < 1.29 is 10.0 Å². The fourth-order valence-electron chi connectivity index (χ4n) is 2.58. The number of nitrogens with one attached hydrogen (secondary N) is 1. The van der Waals surface area contributed by atoms with Gasteiger partial charge in [0.1, 0.15) is 5.52 Å². The van der Waals surface area contributed by atoms with Crippen molar-refractivity contribution in [2.45, 2.75) is 6.54 Å². The second-order valence-electron chi connectivity index (χ2n) is 5.36. The first kappa shape index (κ1) is 14.8. The number of aromatic amines is 1. The number of anilines is 1. The van der Waals surface area contributed by atoms with Crippen molar-refractivity contribution in [3.63, 3.8) is 0 Å². The number of amides is 1. The highest BCUT2D eigenvalue weighted by atomic mass is 16.5. The van der Waals surface area contributed by atoms with Crippen LogP contribution in [0.1, 0.15) is 16.2 Å². The van der Waals surface area contributed by atoms with Crippen molar-refractivity contribution in [3.8, 4) is 0 Å². The number of hydrogen-bond donors (Lipinski definition) is 2. The molecule has 0 bridgehead atoms. The van der Waals surface area contributed by atoms with Gasteiger partial charge in [-0.05, 0) is 30.3 Å². The molecule has 0 unspecified atom stereocenters. The minimum absolute atomic E-state index is 0.156. The molecule has 0 atom stereocenters. The van der Waals surface area contributed by atoms with E-state index in [1.54, 1.807) is 47.4 Å². The summed E-state index contributed by atoms with van der Waals surface area (Å²) in [4.78, 5) is 15.3. The fourth-order valence-corrected chi connectivity index (χ4v) is 2.58. The Hall–Kier alpha value is -3.75. The Morgan fingerprint density at radius 3 is 2.80 bits per heavy atom. The van der Waals surface area contributed by atoms with Gasteiger partial charge in [0.05, 0.1) is 12.7 Å². The summed E-state index contributed by atoms with van der Waals surface area (Å²) in [5.74, 6) is 0.198. The zero-order chi connectivity index (χ0) is 17.2. The predicted octanol–water partition coefficient (Wildman–Crippen LogP) is 1.63. The molecular weight excluding hydrogens is 322 g/mol. The average Bonchev–Trinajstić information content (AvgIpc) is 3.29. The Labute approximate surface area is 141 Å². The molecule has 2 aromatic carbocycles. The monoisotopic (exact) mass is 335 g/mol. The Kier molecular flexibility index (Phi) is 3.58. The van der Waals surface area contributed by atoms with E-state index in [0.29, 0.717) is 28.0 Å². The summed E-state index contributed by atoms with van der Waals surface area (Å²) in [7, 11) is 0. The van der Waals surface area contributed by atoms with Crippen molar-refractivity contribution in [2.24, 2.45) is 0 Å². The molecule has 0 fully saturated rings. The van der Waals surface area contributed by atoms with Gasteiger partial charge < -0.3 is 10.1 Å². The summed E-state index contributed by atoms with van der Waals surface area (Å²) in [6, 6.07) is 14.2. The highest BCUT2D eigenvalue weighted by Gasteiger charge is 2.20. The minimum atomic E-state index is -0.193. The number of carbonyl (C=O) groups excluding carboxylic acids is 1. The van der Waals surface area contributed by atoms with Crippen LogP contribution >= 0.6 is 0 Å². The molecule has 1 amide bonds. The van der Waals surface area contributed by atoms with Crippen LogP contribution in [0.25, 0.3) is 10.9 Å². The summed E-state index contributed by atoms with van der Waals surface area (Å²) in [6.07, 6.45) is 1.53. The third-order valence-corrected chi connectivity index (χ3v) is 3.80. The Morgan fingerprint density at radius 1 is 1.20 bits per heavy atom. The number of nitrogens with zero attached hydrogens (tertiary/aromatic N) is 6.